The van der Waals surface area contributed by atoms with Gasteiger partial charge in [-0.15, -0.1) is 0 Å². The van der Waals surface area contributed by atoms with Gasteiger partial charge in [-0.1, -0.05) is 12.2 Å². The molecular weight excluding hydrogens is 208 g/mol. The van der Waals surface area contributed by atoms with Gasteiger partial charge in [0.25, 0.3) is 0 Å². The molecule has 0 spiro atoms. The standard InChI is InChI=1S/C16H24O/c17-12-8-11-5-7-14-13-3-1-2-10(13)4-6-15(14)16(11)9-12/h1,3,10-17H,2,4-9H2. The Morgan fingerprint density at radius 1 is 0.824 bits per heavy atom. The smallest absolute Gasteiger partial charge is 0.0545 e. The highest BCUT2D eigenvalue weighted by atomic mass is 16.3. The molecule has 1 N–H and O–H groups in total. The fraction of sp³-hybridized carbons (Fsp3) is 0.875. The van der Waals surface area contributed by atoms with Crippen molar-refractivity contribution in [2.45, 2.75) is 51.0 Å². The Morgan fingerprint density at radius 3 is 2.59 bits per heavy atom. The molecule has 0 saturated heterocycles. The van der Waals surface area contributed by atoms with E-state index in [2.05, 4.69) is 12.2 Å². The van der Waals surface area contributed by atoms with Crippen molar-refractivity contribution in [1.82, 2.24) is 0 Å². The maximum absolute atomic E-state index is 9.92. The van der Waals surface area contributed by atoms with E-state index in [1.165, 1.54) is 32.1 Å². The van der Waals surface area contributed by atoms with E-state index in [0.717, 1.165) is 48.3 Å². The Balaban J connectivity index is 1.59. The van der Waals surface area contributed by atoms with Crippen molar-refractivity contribution in [2.24, 2.45) is 35.5 Å². The van der Waals surface area contributed by atoms with Crippen LogP contribution < -0.4 is 0 Å². The molecule has 0 aromatic heterocycles. The minimum Gasteiger partial charge on any atom is -0.393 e. The summed E-state index contributed by atoms with van der Waals surface area (Å²) in [6.45, 7) is 0. The van der Waals surface area contributed by atoms with Crippen LogP contribution >= 0.6 is 0 Å². The van der Waals surface area contributed by atoms with E-state index in [9.17, 15) is 5.11 Å². The van der Waals surface area contributed by atoms with Gasteiger partial charge in [-0.05, 0) is 80.5 Å². The van der Waals surface area contributed by atoms with Crippen LogP contribution in [0.25, 0.3) is 0 Å². The van der Waals surface area contributed by atoms with Gasteiger partial charge in [-0.25, -0.2) is 0 Å². The van der Waals surface area contributed by atoms with Crippen molar-refractivity contribution < 1.29 is 5.11 Å². The van der Waals surface area contributed by atoms with Gasteiger partial charge in [0.2, 0.25) is 0 Å². The summed E-state index contributed by atoms with van der Waals surface area (Å²) in [6.07, 6.45) is 14.3. The van der Waals surface area contributed by atoms with Crippen LogP contribution in [-0.2, 0) is 0 Å². The number of fused-ring (bicyclic) bond motifs is 5. The molecule has 4 aliphatic carbocycles. The number of allylic oxidation sites excluding steroid dienone is 2. The van der Waals surface area contributed by atoms with Crippen LogP contribution in [0.15, 0.2) is 12.2 Å². The lowest BCUT2D eigenvalue weighted by Gasteiger charge is -2.48. The molecule has 94 valence electrons. The number of rotatable bonds is 0. The Labute approximate surface area is 104 Å². The van der Waals surface area contributed by atoms with Gasteiger partial charge in [0, 0.05) is 0 Å². The average Bonchev–Trinajstić information content (AvgIpc) is 2.92. The van der Waals surface area contributed by atoms with Crippen molar-refractivity contribution >= 4 is 0 Å². The van der Waals surface area contributed by atoms with Gasteiger partial charge in [-0.3, -0.25) is 0 Å². The first-order chi connectivity index (χ1) is 8.33. The maximum Gasteiger partial charge on any atom is 0.0545 e. The molecule has 3 saturated carbocycles. The summed E-state index contributed by atoms with van der Waals surface area (Å²) in [5.74, 6) is 5.56. The molecule has 4 aliphatic rings. The van der Waals surface area contributed by atoms with Crippen LogP contribution in [0.3, 0.4) is 0 Å². The van der Waals surface area contributed by atoms with Gasteiger partial charge >= 0.3 is 0 Å². The Hall–Kier alpha value is -0.300. The van der Waals surface area contributed by atoms with Crippen LogP contribution in [0.2, 0.25) is 0 Å². The Bertz CT molecular complexity index is 334. The minimum atomic E-state index is 0.0283. The van der Waals surface area contributed by atoms with Gasteiger partial charge in [-0.2, -0.15) is 0 Å². The molecule has 0 aliphatic heterocycles. The van der Waals surface area contributed by atoms with E-state index in [4.69, 9.17) is 0 Å². The fourth-order valence-electron chi connectivity index (χ4n) is 5.76. The third-order valence-electron chi connectivity index (χ3n) is 6.40. The average molecular weight is 232 g/mol. The van der Waals surface area contributed by atoms with E-state index in [0.29, 0.717) is 0 Å². The van der Waals surface area contributed by atoms with E-state index in [1.807, 2.05) is 0 Å². The summed E-state index contributed by atoms with van der Waals surface area (Å²) >= 11 is 0. The molecule has 0 bridgehead atoms. The minimum absolute atomic E-state index is 0.0283. The number of aliphatic hydroxyl groups is 1. The summed E-state index contributed by atoms with van der Waals surface area (Å²) < 4.78 is 0. The molecule has 4 rings (SSSR count). The lowest BCUT2D eigenvalue weighted by atomic mass is 9.57. The van der Waals surface area contributed by atoms with Gasteiger partial charge < -0.3 is 5.11 Å². The highest BCUT2D eigenvalue weighted by Gasteiger charge is 2.49. The van der Waals surface area contributed by atoms with Gasteiger partial charge in [0.1, 0.15) is 0 Å². The molecule has 7 unspecified atom stereocenters. The molecule has 0 aromatic rings. The topological polar surface area (TPSA) is 20.2 Å². The van der Waals surface area contributed by atoms with E-state index >= 15 is 0 Å². The van der Waals surface area contributed by atoms with E-state index in [-0.39, 0.29) is 6.10 Å². The van der Waals surface area contributed by atoms with Gasteiger partial charge in [0.05, 0.1) is 6.10 Å². The van der Waals surface area contributed by atoms with Crippen molar-refractivity contribution in [3.63, 3.8) is 0 Å². The van der Waals surface area contributed by atoms with E-state index in [1.54, 1.807) is 0 Å². The molecule has 17 heavy (non-hydrogen) atoms. The second-order valence-corrected chi connectivity index (χ2v) is 7.03. The lowest BCUT2D eigenvalue weighted by Crippen LogP contribution is -2.40. The monoisotopic (exact) mass is 232 g/mol. The summed E-state index contributed by atoms with van der Waals surface area (Å²) in [5.41, 5.74) is 0. The third-order valence-corrected chi connectivity index (χ3v) is 6.40. The molecule has 7 atom stereocenters. The molecule has 0 aromatic carbocycles. The van der Waals surface area contributed by atoms with E-state index < -0.39 is 0 Å². The quantitative estimate of drug-likeness (QED) is 0.635. The predicted molar refractivity (Wildman–Crippen MR) is 68.4 cm³/mol. The van der Waals surface area contributed by atoms with Crippen molar-refractivity contribution in [2.75, 3.05) is 0 Å². The van der Waals surface area contributed by atoms with Crippen molar-refractivity contribution in [1.29, 1.82) is 0 Å². The zero-order valence-corrected chi connectivity index (χ0v) is 10.6. The maximum atomic E-state index is 9.92. The summed E-state index contributed by atoms with van der Waals surface area (Å²) in [6, 6.07) is 0. The molecule has 3 fully saturated rings. The zero-order valence-electron chi connectivity index (χ0n) is 10.6. The molecular formula is C16H24O. The Kier molecular flexibility index (Phi) is 2.40. The summed E-state index contributed by atoms with van der Waals surface area (Å²) in [4.78, 5) is 0. The SMILES string of the molecule is OC1CC2CCC3C4C=CCC4CCC3C2C1. The number of hydrogen-bond acceptors (Lipinski definition) is 1. The molecule has 0 heterocycles. The first-order valence-electron chi connectivity index (χ1n) is 7.67. The zero-order chi connectivity index (χ0) is 11.4. The largest absolute Gasteiger partial charge is 0.393 e. The molecule has 1 nitrogen and oxygen atoms in total. The highest BCUT2D eigenvalue weighted by Crippen LogP contribution is 2.57. The number of hydrogen-bond donors (Lipinski definition) is 1. The molecule has 0 amide bonds. The van der Waals surface area contributed by atoms with Gasteiger partial charge in [0.15, 0.2) is 0 Å². The van der Waals surface area contributed by atoms with Crippen molar-refractivity contribution in [3.8, 4) is 0 Å². The van der Waals surface area contributed by atoms with Crippen LogP contribution in [-0.4, -0.2) is 11.2 Å². The molecule has 0 radical (unpaired) electrons. The molecule has 1 heteroatoms. The first kappa shape index (κ1) is 10.6. The Morgan fingerprint density at radius 2 is 1.65 bits per heavy atom. The fourth-order valence-corrected chi connectivity index (χ4v) is 5.76. The van der Waals surface area contributed by atoms with Crippen LogP contribution in [0.1, 0.15) is 44.9 Å². The highest BCUT2D eigenvalue weighted by molar-refractivity contribution is 5.09. The first-order valence-corrected chi connectivity index (χ1v) is 7.67. The van der Waals surface area contributed by atoms with Crippen LogP contribution in [0, 0.1) is 35.5 Å². The van der Waals surface area contributed by atoms with Crippen molar-refractivity contribution in [3.05, 3.63) is 12.2 Å². The predicted octanol–water partition coefficient (Wildman–Crippen LogP) is 3.39. The third kappa shape index (κ3) is 1.54. The van der Waals surface area contributed by atoms with Crippen LogP contribution in [0.5, 0.6) is 0 Å². The number of aliphatic hydroxyl groups excluding tert-OH is 1. The summed E-state index contributed by atoms with van der Waals surface area (Å²) in [5, 5.41) is 9.92. The summed E-state index contributed by atoms with van der Waals surface area (Å²) in [7, 11) is 0. The second kappa shape index (κ2) is 3.85. The van der Waals surface area contributed by atoms with Crippen LogP contribution in [0.4, 0.5) is 0 Å². The second-order valence-electron chi connectivity index (χ2n) is 7.03. The normalized spacial score (nSPS) is 56.4. The lowest BCUT2D eigenvalue weighted by molar-refractivity contribution is 0.0225.